The number of benzene rings is 3. The van der Waals surface area contributed by atoms with E-state index in [1.54, 1.807) is 25.1 Å². The van der Waals surface area contributed by atoms with Crippen LogP contribution in [0.3, 0.4) is 0 Å². The molecule has 1 N–H and O–H groups in total. The van der Waals surface area contributed by atoms with E-state index in [1.807, 2.05) is 20.8 Å². The van der Waals surface area contributed by atoms with Crippen molar-refractivity contribution in [3.63, 3.8) is 0 Å². The highest BCUT2D eigenvalue weighted by Gasteiger charge is 2.35. The average molecular weight is 697 g/mol. The monoisotopic (exact) mass is 695 g/mol. The third kappa shape index (κ3) is 8.68. The van der Waals surface area contributed by atoms with Crippen LogP contribution in [0.25, 0.3) is 0 Å². The number of hydrogen-bond donors (Lipinski definition) is 1. The van der Waals surface area contributed by atoms with Crippen molar-refractivity contribution in [2.45, 2.75) is 50.7 Å². The molecule has 0 aliphatic carbocycles. The molecule has 0 aliphatic heterocycles. The Morgan fingerprint density at radius 2 is 1.48 bits per heavy atom. The molecular weight excluding hydrogens is 657 g/mol. The molecule has 0 aliphatic rings. The molecule has 0 saturated heterocycles. The van der Waals surface area contributed by atoms with Crippen LogP contribution in [0, 0.1) is 0 Å². The van der Waals surface area contributed by atoms with Crippen molar-refractivity contribution in [3.8, 4) is 23.0 Å². The molecule has 0 radical (unpaired) electrons. The predicted molar refractivity (Wildman–Crippen MR) is 178 cm³/mol. The molecule has 0 heterocycles. The number of methoxy groups -OCH3 is 4. The summed E-state index contributed by atoms with van der Waals surface area (Å²) >= 11 is 12.6. The second-order valence-electron chi connectivity index (χ2n) is 11.2. The fourth-order valence-electron chi connectivity index (χ4n) is 4.50. The Morgan fingerprint density at radius 3 is 2.04 bits per heavy atom. The zero-order chi connectivity index (χ0) is 34.4. The maximum absolute atomic E-state index is 14.4. The zero-order valence-corrected chi connectivity index (χ0v) is 29.3. The first-order chi connectivity index (χ1) is 21.6. The van der Waals surface area contributed by atoms with Crippen LogP contribution >= 0.6 is 23.2 Å². The van der Waals surface area contributed by atoms with Gasteiger partial charge in [0.25, 0.3) is 10.0 Å². The molecule has 1 unspecified atom stereocenters. The topological polar surface area (TPSA) is 124 Å². The van der Waals surface area contributed by atoms with Crippen molar-refractivity contribution in [3.05, 3.63) is 70.2 Å². The Labute approximate surface area is 280 Å². The lowest BCUT2D eigenvalue weighted by atomic mass is 10.1. The Balaban J connectivity index is 2.20. The van der Waals surface area contributed by atoms with Crippen LogP contribution in [-0.2, 0) is 26.2 Å². The Bertz CT molecular complexity index is 1680. The molecule has 0 aromatic heterocycles. The number of ether oxygens (including phenoxy) is 4. The molecule has 0 fully saturated rings. The van der Waals surface area contributed by atoms with E-state index in [9.17, 15) is 18.0 Å². The summed E-state index contributed by atoms with van der Waals surface area (Å²) in [6.45, 7) is 6.15. The number of anilines is 1. The van der Waals surface area contributed by atoms with Gasteiger partial charge in [0.2, 0.25) is 11.8 Å². The number of nitrogens with one attached hydrogen (secondary N) is 1. The normalized spacial score (nSPS) is 12.1. The van der Waals surface area contributed by atoms with Gasteiger partial charge < -0.3 is 29.2 Å². The second-order valence-corrected chi connectivity index (χ2v) is 13.9. The quantitative estimate of drug-likeness (QED) is 0.247. The van der Waals surface area contributed by atoms with Gasteiger partial charge in [-0.1, -0.05) is 29.3 Å². The average Bonchev–Trinajstić information content (AvgIpc) is 3.01. The summed E-state index contributed by atoms with van der Waals surface area (Å²) in [6.07, 6.45) is 0. The predicted octanol–water partition coefficient (Wildman–Crippen LogP) is 5.56. The van der Waals surface area contributed by atoms with Gasteiger partial charge in [0, 0.05) is 34.3 Å². The van der Waals surface area contributed by atoms with Crippen molar-refractivity contribution < 1.29 is 37.0 Å². The lowest BCUT2D eigenvalue weighted by molar-refractivity contribution is -0.140. The van der Waals surface area contributed by atoms with Crippen LogP contribution in [0.1, 0.15) is 33.3 Å². The Kier molecular flexibility index (Phi) is 12.0. The van der Waals surface area contributed by atoms with Crippen molar-refractivity contribution in [1.29, 1.82) is 0 Å². The van der Waals surface area contributed by atoms with E-state index >= 15 is 0 Å². The van der Waals surface area contributed by atoms with Gasteiger partial charge in [-0.2, -0.15) is 0 Å². The van der Waals surface area contributed by atoms with E-state index < -0.39 is 40.0 Å². The lowest BCUT2D eigenvalue weighted by Crippen LogP contribution is -2.54. The van der Waals surface area contributed by atoms with Crippen LogP contribution in [0.5, 0.6) is 23.0 Å². The molecule has 46 heavy (non-hydrogen) atoms. The van der Waals surface area contributed by atoms with Gasteiger partial charge in [-0.25, -0.2) is 8.42 Å². The highest BCUT2D eigenvalue weighted by molar-refractivity contribution is 7.92. The van der Waals surface area contributed by atoms with Gasteiger partial charge >= 0.3 is 0 Å². The number of carbonyl (C=O) groups is 2. The molecule has 11 nitrogen and oxygen atoms in total. The van der Waals surface area contributed by atoms with Crippen molar-refractivity contribution in [2.75, 3.05) is 39.3 Å². The minimum absolute atomic E-state index is 0.0289. The van der Waals surface area contributed by atoms with Crippen LogP contribution in [-0.4, -0.2) is 71.7 Å². The summed E-state index contributed by atoms with van der Waals surface area (Å²) in [4.78, 5) is 28.8. The first kappa shape index (κ1) is 36.6. The number of sulfonamides is 1. The third-order valence-electron chi connectivity index (χ3n) is 6.90. The first-order valence-corrected chi connectivity index (χ1v) is 16.3. The van der Waals surface area contributed by atoms with Gasteiger partial charge in [0.1, 0.15) is 24.1 Å². The summed E-state index contributed by atoms with van der Waals surface area (Å²) in [7, 11) is 1.12. The largest absolute Gasteiger partial charge is 0.497 e. The summed E-state index contributed by atoms with van der Waals surface area (Å²) in [5.41, 5.74) is -0.0707. The van der Waals surface area contributed by atoms with Crippen molar-refractivity contribution in [1.82, 2.24) is 10.2 Å². The van der Waals surface area contributed by atoms with Crippen molar-refractivity contribution in [2.24, 2.45) is 0 Å². The van der Waals surface area contributed by atoms with Crippen molar-refractivity contribution >= 4 is 50.7 Å². The number of nitrogens with zero attached hydrogens (tertiary/aromatic N) is 2. The van der Waals surface area contributed by atoms with E-state index in [-0.39, 0.29) is 33.6 Å². The summed E-state index contributed by atoms with van der Waals surface area (Å²) in [6, 6.07) is 12.4. The maximum Gasteiger partial charge on any atom is 0.265 e. The second kappa shape index (κ2) is 15.1. The molecule has 3 aromatic rings. The minimum atomic E-state index is -4.49. The Hall–Kier alpha value is -3.87. The fourth-order valence-corrected chi connectivity index (χ4v) is 6.40. The molecule has 0 spiro atoms. The van der Waals surface area contributed by atoms with Gasteiger partial charge in [-0.05, 0) is 69.7 Å². The highest BCUT2D eigenvalue weighted by atomic mass is 35.5. The summed E-state index contributed by atoms with van der Waals surface area (Å²) < 4.78 is 51.3. The van der Waals surface area contributed by atoms with Gasteiger partial charge in [-0.3, -0.25) is 13.9 Å². The first-order valence-electron chi connectivity index (χ1n) is 14.1. The van der Waals surface area contributed by atoms with E-state index in [1.165, 1.54) is 69.7 Å². The molecule has 3 rings (SSSR count). The molecule has 0 bridgehead atoms. The van der Waals surface area contributed by atoms with Gasteiger partial charge in [0.05, 0.1) is 39.0 Å². The number of halogens is 2. The SMILES string of the molecule is COc1ccc(OC)c(N(CC(=O)N(Cc2ccc(Cl)cc2Cl)C(C)C(=O)NC(C)(C)C)S(=O)(=O)c2ccc(OC)c(OC)c2)c1. The van der Waals surface area contributed by atoms with Crippen LogP contribution < -0.4 is 28.6 Å². The molecule has 1 atom stereocenters. The zero-order valence-electron chi connectivity index (χ0n) is 27.0. The molecule has 250 valence electrons. The summed E-state index contributed by atoms with van der Waals surface area (Å²) in [5, 5.41) is 3.55. The summed E-state index contributed by atoms with van der Waals surface area (Å²) in [5.74, 6) is -0.190. The molecular formula is C32H39Cl2N3O8S. The lowest BCUT2D eigenvalue weighted by Gasteiger charge is -2.34. The van der Waals surface area contributed by atoms with Crippen LogP contribution in [0.2, 0.25) is 10.0 Å². The fraction of sp³-hybridized carbons (Fsp3) is 0.375. The molecule has 14 heteroatoms. The smallest absolute Gasteiger partial charge is 0.265 e. The Morgan fingerprint density at radius 1 is 0.848 bits per heavy atom. The standard InChI is InChI=1S/C32H39Cl2N3O8S/c1-20(31(39)35-32(2,3)4)36(18-21-9-10-22(33)15-25(21)34)30(38)19-37(26-16-23(42-5)11-13-27(26)43-6)46(40,41)24-12-14-28(44-7)29(17-24)45-8/h9-17,20H,18-19H2,1-8H3,(H,35,39). The van der Waals surface area contributed by atoms with E-state index in [0.29, 0.717) is 22.1 Å². The van der Waals surface area contributed by atoms with E-state index in [4.69, 9.17) is 42.1 Å². The number of hydrogen-bond acceptors (Lipinski definition) is 8. The van der Waals surface area contributed by atoms with Crippen LogP contribution in [0.4, 0.5) is 5.69 Å². The number of amides is 2. The van der Waals surface area contributed by atoms with E-state index in [2.05, 4.69) is 5.32 Å². The highest BCUT2D eigenvalue weighted by Crippen LogP contribution is 2.38. The van der Waals surface area contributed by atoms with Crippen LogP contribution in [0.15, 0.2) is 59.5 Å². The third-order valence-corrected chi connectivity index (χ3v) is 9.24. The van der Waals surface area contributed by atoms with Gasteiger partial charge in [-0.15, -0.1) is 0 Å². The van der Waals surface area contributed by atoms with Gasteiger partial charge in [0.15, 0.2) is 11.5 Å². The molecule has 0 saturated carbocycles. The van der Waals surface area contributed by atoms with E-state index in [0.717, 1.165) is 4.31 Å². The molecule has 3 aromatic carbocycles. The number of rotatable bonds is 13. The maximum atomic E-state index is 14.4. The molecule has 2 amide bonds. The minimum Gasteiger partial charge on any atom is -0.497 e. The number of carbonyl (C=O) groups excluding carboxylic acids is 2.